The number of likely N-dealkylation sites (N-methyl/N-ethyl adjacent to an activating group) is 1. The summed E-state index contributed by atoms with van der Waals surface area (Å²) in [5, 5.41) is 11.2. The Morgan fingerprint density at radius 3 is 2.48 bits per heavy atom. The molecule has 1 aromatic heterocycles. The first-order valence-corrected chi connectivity index (χ1v) is 10.6. The second-order valence-electron chi connectivity index (χ2n) is 7.72. The van der Waals surface area contributed by atoms with E-state index in [1.807, 2.05) is 11.0 Å². The zero-order valence-corrected chi connectivity index (χ0v) is 18.1. The number of nitrogens with one attached hydrogen (secondary N) is 1. The van der Waals surface area contributed by atoms with Gasteiger partial charge in [-0.05, 0) is 44.0 Å². The molecule has 174 valence electrons. The molecule has 3 rings (SSSR count). The molecule has 2 amide bonds. The van der Waals surface area contributed by atoms with Crippen LogP contribution in [0.25, 0.3) is 0 Å². The first-order valence-electron chi connectivity index (χ1n) is 10.6. The van der Waals surface area contributed by atoms with Crippen molar-refractivity contribution in [3.05, 3.63) is 53.7 Å². The van der Waals surface area contributed by atoms with Crippen LogP contribution in [0.2, 0.25) is 0 Å². The van der Waals surface area contributed by atoms with Crippen molar-refractivity contribution in [2.45, 2.75) is 25.9 Å². The third-order valence-corrected chi connectivity index (χ3v) is 5.58. The molecular weight excluding hydrogens is 435 g/mol. The fourth-order valence-corrected chi connectivity index (χ4v) is 3.80. The normalized spacial score (nSPS) is 14.5. The van der Waals surface area contributed by atoms with E-state index in [-0.39, 0.29) is 30.6 Å². The van der Waals surface area contributed by atoms with Crippen molar-refractivity contribution in [1.29, 1.82) is 5.26 Å². The van der Waals surface area contributed by atoms with Crippen LogP contribution in [0.4, 0.5) is 24.7 Å². The number of piperidine rings is 1. The lowest BCUT2D eigenvalue weighted by Crippen LogP contribution is -2.45. The van der Waals surface area contributed by atoms with Gasteiger partial charge in [-0.3, -0.25) is 9.59 Å². The predicted octanol–water partition coefficient (Wildman–Crippen LogP) is 3.68. The summed E-state index contributed by atoms with van der Waals surface area (Å²) in [6.45, 7) is 2.87. The summed E-state index contributed by atoms with van der Waals surface area (Å²) in [4.78, 5) is 33.1. The van der Waals surface area contributed by atoms with Gasteiger partial charge in [0.15, 0.2) is 0 Å². The summed E-state index contributed by atoms with van der Waals surface area (Å²) >= 11 is 0. The fraction of sp³-hybridized carbons (Fsp3) is 0.391. The first-order chi connectivity index (χ1) is 15.7. The van der Waals surface area contributed by atoms with E-state index in [1.54, 1.807) is 19.1 Å². The molecule has 1 saturated heterocycles. The number of benzene rings is 1. The van der Waals surface area contributed by atoms with Crippen LogP contribution < -0.4 is 10.2 Å². The molecule has 0 aliphatic carbocycles. The topological polar surface area (TPSA) is 89.3 Å². The third kappa shape index (κ3) is 6.00. The van der Waals surface area contributed by atoms with Crippen molar-refractivity contribution in [3.8, 4) is 6.07 Å². The van der Waals surface area contributed by atoms with E-state index in [2.05, 4.69) is 10.3 Å². The SMILES string of the molecule is CCN(CC(=O)Nc1ccccc1C(F)(F)F)C(=O)C1CCN(c2ccc(C#N)cn2)CC1. The number of carbonyl (C=O) groups excluding carboxylic acids is 2. The molecule has 0 spiro atoms. The Balaban J connectivity index is 1.57. The predicted molar refractivity (Wildman–Crippen MR) is 116 cm³/mol. The van der Waals surface area contributed by atoms with Crippen LogP contribution in [0.3, 0.4) is 0 Å². The maximum absolute atomic E-state index is 13.2. The van der Waals surface area contributed by atoms with E-state index in [0.29, 0.717) is 31.5 Å². The second-order valence-corrected chi connectivity index (χ2v) is 7.72. The molecule has 1 N–H and O–H groups in total. The maximum Gasteiger partial charge on any atom is 0.418 e. The van der Waals surface area contributed by atoms with E-state index in [9.17, 15) is 22.8 Å². The van der Waals surface area contributed by atoms with Crippen LogP contribution in [-0.2, 0) is 15.8 Å². The average molecular weight is 459 g/mol. The molecule has 0 radical (unpaired) electrons. The number of amides is 2. The van der Waals surface area contributed by atoms with Crippen LogP contribution in [0.1, 0.15) is 30.9 Å². The molecule has 1 aromatic carbocycles. The second kappa shape index (κ2) is 10.3. The molecule has 0 unspecified atom stereocenters. The number of nitrogens with zero attached hydrogens (tertiary/aromatic N) is 4. The van der Waals surface area contributed by atoms with Crippen molar-refractivity contribution < 1.29 is 22.8 Å². The van der Waals surface area contributed by atoms with Crippen molar-refractivity contribution >= 4 is 23.3 Å². The van der Waals surface area contributed by atoms with Gasteiger partial charge in [0.05, 0.1) is 23.4 Å². The van der Waals surface area contributed by atoms with Crippen molar-refractivity contribution in [2.24, 2.45) is 5.92 Å². The standard InChI is InChI=1S/C23H24F3N5O2/c1-2-30(15-21(32)29-19-6-4-3-5-18(19)23(24,25)26)22(33)17-9-11-31(12-10-17)20-8-7-16(13-27)14-28-20/h3-8,14,17H,2,9-12,15H2,1H3,(H,29,32). The molecule has 2 aromatic rings. The number of nitriles is 1. The summed E-state index contributed by atoms with van der Waals surface area (Å²) in [7, 11) is 0. The lowest BCUT2D eigenvalue weighted by atomic mass is 9.95. The van der Waals surface area contributed by atoms with E-state index in [4.69, 9.17) is 5.26 Å². The summed E-state index contributed by atoms with van der Waals surface area (Å²) in [6.07, 6.45) is -1.96. The monoisotopic (exact) mass is 459 g/mol. The first kappa shape index (κ1) is 24.0. The molecule has 0 atom stereocenters. The molecule has 1 fully saturated rings. The highest BCUT2D eigenvalue weighted by Gasteiger charge is 2.34. The van der Waals surface area contributed by atoms with E-state index >= 15 is 0 Å². The molecule has 7 nitrogen and oxygen atoms in total. The van der Waals surface area contributed by atoms with Gasteiger partial charge in [-0.2, -0.15) is 18.4 Å². The third-order valence-electron chi connectivity index (χ3n) is 5.58. The molecule has 0 bridgehead atoms. The smallest absolute Gasteiger partial charge is 0.357 e. The van der Waals surface area contributed by atoms with Crippen LogP contribution >= 0.6 is 0 Å². The molecular formula is C23H24F3N5O2. The number of anilines is 2. The Morgan fingerprint density at radius 1 is 1.21 bits per heavy atom. The maximum atomic E-state index is 13.2. The van der Waals surface area contributed by atoms with Crippen LogP contribution in [0.5, 0.6) is 0 Å². The summed E-state index contributed by atoms with van der Waals surface area (Å²) in [6, 6.07) is 10.2. The lowest BCUT2D eigenvalue weighted by molar-refractivity contribution is -0.139. The summed E-state index contributed by atoms with van der Waals surface area (Å²) in [5.74, 6) is -0.421. The number of carbonyl (C=O) groups is 2. The van der Waals surface area contributed by atoms with E-state index in [0.717, 1.165) is 11.9 Å². The van der Waals surface area contributed by atoms with Crippen molar-refractivity contribution in [3.63, 3.8) is 0 Å². The Bertz CT molecular complexity index is 1030. The fourth-order valence-electron chi connectivity index (χ4n) is 3.80. The Morgan fingerprint density at radius 2 is 1.91 bits per heavy atom. The number of halogens is 3. The van der Waals surface area contributed by atoms with E-state index < -0.39 is 17.6 Å². The molecule has 0 saturated carbocycles. The van der Waals surface area contributed by atoms with Gasteiger partial charge in [-0.15, -0.1) is 0 Å². The minimum Gasteiger partial charge on any atom is -0.357 e. The van der Waals surface area contributed by atoms with E-state index in [1.165, 1.54) is 29.3 Å². The molecule has 10 heteroatoms. The van der Waals surface area contributed by atoms with Crippen LogP contribution in [0.15, 0.2) is 42.6 Å². The quantitative estimate of drug-likeness (QED) is 0.712. The highest BCUT2D eigenvalue weighted by molar-refractivity contribution is 5.95. The number of hydrogen-bond acceptors (Lipinski definition) is 5. The van der Waals surface area contributed by atoms with Gasteiger partial charge < -0.3 is 15.1 Å². The number of alkyl halides is 3. The number of rotatable bonds is 6. The highest BCUT2D eigenvalue weighted by Crippen LogP contribution is 2.34. The van der Waals surface area contributed by atoms with Gasteiger partial charge >= 0.3 is 6.18 Å². The lowest BCUT2D eigenvalue weighted by Gasteiger charge is -2.34. The van der Waals surface area contributed by atoms with Crippen LogP contribution in [0, 0.1) is 17.2 Å². The zero-order valence-electron chi connectivity index (χ0n) is 18.1. The van der Waals surface area contributed by atoms with Gasteiger partial charge in [0.1, 0.15) is 11.9 Å². The van der Waals surface area contributed by atoms with Crippen molar-refractivity contribution in [1.82, 2.24) is 9.88 Å². The van der Waals surface area contributed by atoms with Gasteiger partial charge in [0.25, 0.3) is 0 Å². The van der Waals surface area contributed by atoms with Crippen LogP contribution in [-0.4, -0.2) is 47.9 Å². The van der Waals surface area contributed by atoms with Gasteiger partial charge in [0.2, 0.25) is 11.8 Å². The molecule has 2 heterocycles. The van der Waals surface area contributed by atoms with Gasteiger partial charge in [0, 0.05) is 31.7 Å². The average Bonchev–Trinajstić information content (AvgIpc) is 2.82. The Hall–Kier alpha value is -3.61. The van der Waals surface area contributed by atoms with Gasteiger partial charge in [-0.1, -0.05) is 12.1 Å². The number of pyridine rings is 1. The molecule has 1 aliphatic heterocycles. The Labute approximate surface area is 189 Å². The summed E-state index contributed by atoms with van der Waals surface area (Å²) < 4.78 is 39.5. The highest BCUT2D eigenvalue weighted by atomic mass is 19.4. The minimum absolute atomic E-state index is 0.191. The Kier molecular flexibility index (Phi) is 7.53. The van der Waals surface area contributed by atoms with Crippen molar-refractivity contribution in [2.75, 3.05) is 36.4 Å². The zero-order chi connectivity index (χ0) is 24.0. The largest absolute Gasteiger partial charge is 0.418 e. The summed E-state index contributed by atoms with van der Waals surface area (Å²) in [5.41, 5.74) is -0.795. The molecule has 1 aliphatic rings. The minimum atomic E-state index is -4.60. The van der Waals surface area contributed by atoms with Gasteiger partial charge in [-0.25, -0.2) is 4.98 Å². The number of hydrogen-bond donors (Lipinski definition) is 1. The molecule has 33 heavy (non-hydrogen) atoms. The number of para-hydroxylation sites is 1. The number of aromatic nitrogens is 1.